The number of amides is 1. The quantitative estimate of drug-likeness (QED) is 0.560. The molecule has 88 valence electrons. The van der Waals surface area contributed by atoms with Crippen molar-refractivity contribution in [3.05, 3.63) is 24.3 Å². The molecule has 0 saturated heterocycles. The monoisotopic (exact) mass is 242 g/mol. The van der Waals surface area contributed by atoms with Crippen molar-refractivity contribution in [3.63, 3.8) is 0 Å². The molecule has 1 rings (SSSR count). The van der Waals surface area contributed by atoms with Gasteiger partial charge in [0, 0.05) is 30.3 Å². The summed E-state index contributed by atoms with van der Waals surface area (Å²) in [5.74, 6) is 0.508. The second-order valence-electron chi connectivity index (χ2n) is 3.21. The Hall–Kier alpha value is -1.26. The van der Waals surface area contributed by atoms with E-state index in [4.69, 9.17) is 16.7 Å². The molecule has 1 amide bonds. The molecule has 16 heavy (non-hydrogen) atoms. The fraction of sp³-hybridized carbons (Fsp3) is 0.364. The molecule has 1 aromatic rings. The summed E-state index contributed by atoms with van der Waals surface area (Å²) in [7, 11) is 0. The lowest BCUT2D eigenvalue weighted by atomic mass is 10.2. The highest BCUT2D eigenvalue weighted by molar-refractivity contribution is 6.18. The molecule has 0 aliphatic rings. The third-order valence-corrected chi connectivity index (χ3v) is 2.35. The first-order chi connectivity index (χ1) is 7.81. The standard InChI is InChI=1S/C11H15ClN2O2/c12-5-6-14(7-8-15)11-3-1-10(2-4-11)13-9-16/h1-4,9,15H,5-8H2,(H,13,16). The van der Waals surface area contributed by atoms with Crippen LogP contribution in [0.3, 0.4) is 0 Å². The van der Waals surface area contributed by atoms with Gasteiger partial charge >= 0.3 is 0 Å². The minimum atomic E-state index is 0.0885. The van der Waals surface area contributed by atoms with Crippen molar-refractivity contribution in [2.75, 3.05) is 35.8 Å². The molecule has 4 nitrogen and oxygen atoms in total. The van der Waals surface area contributed by atoms with E-state index in [2.05, 4.69) is 5.32 Å². The molecular weight excluding hydrogens is 228 g/mol. The minimum Gasteiger partial charge on any atom is -0.395 e. The van der Waals surface area contributed by atoms with E-state index < -0.39 is 0 Å². The van der Waals surface area contributed by atoms with Crippen molar-refractivity contribution in [3.8, 4) is 0 Å². The van der Waals surface area contributed by atoms with Crippen molar-refractivity contribution >= 4 is 29.4 Å². The van der Waals surface area contributed by atoms with E-state index in [1.807, 2.05) is 29.2 Å². The Kier molecular flexibility index (Phi) is 5.67. The van der Waals surface area contributed by atoms with Gasteiger partial charge in [0.25, 0.3) is 0 Å². The summed E-state index contributed by atoms with van der Waals surface area (Å²) < 4.78 is 0. The van der Waals surface area contributed by atoms with E-state index in [0.717, 1.165) is 11.4 Å². The van der Waals surface area contributed by atoms with Crippen LogP contribution in [0.2, 0.25) is 0 Å². The molecule has 0 bridgehead atoms. The molecule has 0 aliphatic carbocycles. The molecule has 2 N–H and O–H groups in total. The number of carbonyl (C=O) groups excluding carboxylic acids is 1. The second kappa shape index (κ2) is 7.09. The molecule has 5 heteroatoms. The van der Waals surface area contributed by atoms with Crippen LogP contribution in [0.15, 0.2) is 24.3 Å². The van der Waals surface area contributed by atoms with E-state index >= 15 is 0 Å². The van der Waals surface area contributed by atoms with Gasteiger partial charge in [0.1, 0.15) is 0 Å². The van der Waals surface area contributed by atoms with Gasteiger partial charge in [0.2, 0.25) is 6.41 Å². The van der Waals surface area contributed by atoms with Gasteiger partial charge in [-0.2, -0.15) is 0 Å². The Morgan fingerprint density at radius 1 is 1.31 bits per heavy atom. The maximum atomic E-state index is 10.2. The van der Waals surface area contributed by atoms with Crippen molar-refractivity contribution in [1.29, 1.82) is 0 Å². The number of nitrogens with one attached hydrogen (secondary N) is 1. The summed E-state index contributed by atoms with van der Waals surface area (Å²) in [6, 6.07) is 7.38. The van der Waals surface area contributed by atoms with E-state index in [0.29, 0.717) is 25.4 Å². The van der Waals surface area contributed by atoms with Gasteiger partial charge in [-0.15, -0.1) is 11.6 Å². The van der Waals surface area contributed by atoms with Crippen molar-refractivity contribution in [2.24, 2.45) is 0 Å². The topological polar surface area (TPSA) is 52.6 Å². The van der Waals surface area contributed by atoms with Crippen LogP contribution < -0.4 is 10.2 Å². The van der Waals surface area contributed by atoms with Crippen LogP contribution in [0.25, 0.3) is 0 Å². The fourth-order valence-electron chi connectivity index (χ4n) is 1.43. The summed E-state index contributed by atoms with van der Waals surface area (Å²) in [5, 5.41) is 11.5. The number of hydrogen-bond acceptors (Lipinski definition) is 3. The lowest BCUT2D eigenvalue weighted by Gasteiger charge is -2.22. The van der Waals surface area contributed by atoms with Gasteiger partial charge in [-0.1, -0.05) is 0 Å². The number of carbonyl (C=O) groups is 1. The number of hydrogen-bond donors (Lipinski definition) is 2. The Morgan fingerprint density at radius 2 is 2.00 bits per heavy atom. The molecule has 0 atom stereocenters. The van der Waals surface area contributed by atoms with Crippen LogP contribution in [0.1, 0.15) is 0 Å². The number of benzene rings is 1. The summed E-state index contributed by atoms with van der Waals surface area (Å²) in [4.78, 5) is 12.2. The van der Waals surface area contributed by atoms with Gasteiger partial charge in [0.15, 0.2) is 0 Å². The number of nitrogens with zero attached hydrogens (tertiary/aromatic N) is 1. The first kappa shape index (κ1) is 12.8. The average Bonchev–Trinajstić information content (AvgIpc) is 2.30. The Labute approximate surface area is 99.8 Å². The second-order valence-corrected chi connectivity index (χ2v) is 3.59. The largest absolute Gasteiger partial charge is 0.395 e. The number of aliphatic hydroxyl groups excluding tert-OH is 1. The van der Waals surface area contributed by atoms with Crippen LogP contribution in [0.4, 0.5) is 11.4 Å². The summed E-state index contributed by atoms with van der Waals surface area (Å²) in [6.45, 7) is 1.32. The summed E-state index contributed by atoms with van der Waals surface area (Å²) >= 11 is 5.68. The minimum absolute atomic E-state index is 0.0885. The summed E-state index contributed by atoms with van der Waals surface area (Å²) in [5.41, 5.74) is 1.72. The van der Waals surface area contributed by atoms with Gasteiger partial charge in [-0.3, -0.25) is 4.79 Å². The zero-order chi connectivity index (χ0) is 11.8. The highest BCUT2D eigenvalue weighted by atomic mass is 35.5. The Balaban J connectivity index is 2.72. The number of aliphatic hydroxyl groups is 1. The number of rotatable bonds is 7. The SMILES string of the molecule is O=CNc1ccc(N(CCO)CCCl)cc1. The van der Waals surface area contributed by atoms with Crippen LogP contribution in [-0.2, 0) is 4.79 Å². The van der Waals surface area contributed by atoms with Gasteiger partial charge in [0.05, 0.1) is 6.61 Å². The number of alkyl halides is 1. The molecule has 0 aliphatic heterocycles. The molecule has 0 spiro atoms. The molecule has 0 heterocycles. The van der Waals surface area contributed by atoms with Crippen molar-refractivity contribution < 1.29 is 9.90 Å². The van der Waals surface area contributed by atoms with Crippen LogP contribution in [0, 0.1) is 0 Å². The molecule has 0 saturated carbocycles. The number of halogens is 1. The molecule has 0 radical (unpaired) electrons. The number of anilines is 2. The van der Waals surface area contributed by atoms with Gasteiger partial charge in [-0.25, -0.2) is 0 Å². The van der Waals surface area contributed by atoms with Gasteiger partial charge in [-0.05, 0) is 24.3 Å². The zero-order valence-electron chi connectivity index (χ0n) is 8.90. The van der Waals surface area contributed by atoms with Crippen LogP contribution >= 0.6 is 11.6 Å². The molecule has 0 fully saturated rings. The highest BCUT2D eigenvalue weighted by Crippen LogP contribution is 2.17. The average molecular weight is 243 g/mol. The van der Waals surface area contributed by atoms with Crippen LogP contribution in [-0.4, -0.2) is 37.1 Å². The van der Waals surface area contributed by atoms with E-state index in [9.17, 15) is 4.79 Å². The third kappa shape index (κ3) is 3.72. The van der Waals surface area contributed by atoms with Crippen molar-refractivity contribution in [2.45, 2.75) is 0 Å². The first-order valence-electron chi connectivity index (χ1n) is 5.04. The smallest absolute Gasteiger partial charge is 0.211 e. The predicted octanol–water partition coefficient (Wildman–Crippen LogP) is 1.29. The normalized spacial score (nSPS) is 9.88. The maximum Gasteiger partial charge on any atom is 0.211 e. The maximum absolute atomic E-state index is 10.2. The fourth-order valence-corrected chi connectivity index (χ4v) is 1.63. The van der Waals surface area contributed by atoms with Crippen LogP contribution in [0.5, 0.6) is 0 Å². The van der Waals surface area contributed by atoms with Gasteiger partial charge < -0.3 is 15.3 Å². The lowest BCUT2D eigenvalue weighted by molar-refractivity contribution is -0.105. The third-order valence-electron chi connectivity index (χ3n) is 2.18. The zero-order valence-corrected chi connectivity index (χ0v) is 9.65. The Morgan fingerprint density at radius 3 is 2.50 bits per heavy atom. The summed E-state index contributed by atoms with van der Waals surface area (Å²) in [6.07, 6.45) is 0.638. The van der Waals surface area contributed by atoms with Crippen molar-refractivity contribution in [1.82, 2.24) is 0 Å². The highest BCUT2D eigenvalue weighted by Gasteiger charge is 2.04. The van der Waals surface area contributed by atoms with E-state index in [1.165, 1.54) is 0 Å². The van der Waals surface area contributed by atoms with E-state index in [1.54, 1.807) is 0 Å². The lowest BCUT2D eigenvalue weighted by Crippen LogP contribution is -2.28. The molecule has 1 aromatic carbocycles. The molecule has 0 unspecified atom stereocenters. The first-order valence-corrected chi connectivity index (χ1v) is 5.57. The molecular formula is C11H15ClN2O2. The predicted molar refractivity (Wildman–Crippen MR) is 66.1 cm³/mol. The van der Waals surface area contributed by atoms with E-state index in [-0.39, 0.29) is 6.61 Å². The Bertz CT molecular complexity index is 310. The molecule has 0 aromatic heterocycles.